The molecule has 0 aliphatic heterocycles. The number of aromatic nitrogens is 1. The molecule has 1 aromatic carbocycles. The van der Waals surface area contributed by atoms with Gasteiger partial charge in [0.15, 0.2) is 6.67 Å². The van der Waals surface area contributed by atoms with Crippen LogP contribution in [0.5, 0.6) is 5.75 Å². The summed E-state index contributed by atoms with van der Waals surface area (Å²) >= 11 is 1.55. The summed E-state index contributed by atoms with van der Waals surface area (Å²) in [5.74, 6) is 0.329. The number of aromatic amines is 1. The molecule has 1 aromatic heterocycles. The van der Waals surface area contributed by atoms with Gasteiger partial charge in [0.05, 0.1) is 11.6 Å². The van der Waals surface area contributed by atoms with Gasteiger partial charge in [-0.15, -0.1) is 0 Å². The molecule has 132 valence electrons. The van der Waals surface area contributed by atoms with Crippen molar-refractivity contribution in [2.45, 2.75) is 30.7 Å². The van der Waals surface area contributed by atoms with Crippen molar-refractivity contribution in [1.82, 2.24) is 15.0 Å². The minimum Gasteiger partial charge on any atom is -0.494 e. The van der Waals surface area contributed by atoms with E-state index in [1.807, 2.05) is 19.2 Å². The van der Waals surface area contributed by atoms with Crippen molar-refractivity contribution in [3.8, 4) is 5.75 Å². The van der Waals surface area contributed by atoms with Crippen LogP contribution >= 0.6 is 11.9 Å². The Labute approximate surface area is 145 Å². The fraction of sp³-hybridized carbons (Fsp3) is 0.471. The molecule has 0 radical (unpaired) electrons. The first-order valence-electron chi connectivity index (χ1n) is 8.14. The highest BCUT2D eigenvalue weighted by molar-refractivity contribution is 7.97. The number of carbonyl (C=O) groups is 1. The molecule has 3 N–H and O–H groups in total. The number of ether oxygens (including phenoxy) is 1. The molecule has 1 amide bonds. The number of hydrogen-bond donors (Lipinski definition) is 3. The fourth-order valence-corrected chi connectivity index (χ4v) is 2.95. The van der Waals surface area contributed by atoms with E-state index in [4.69, 9.17) is 4.74 Å². The zero-order valence-corrected chi connectivity index (χ0v) is 14.7. The van der Waals surface area contributed by atoms with Gasteiger partial charge in [0.25, 0.3) is 5.91 Å². The Balaban J connectivity index is 1.63. The van der Waals surface area contributed by atoms with E-state index < -0.39 is 12.6 Å². The van der Waals surface area contributed by atoms with E-state index >= 15 is 0 Å². The number of benzene rings is 1. The van der Waals surface area contributed by atoms with Crippen LogP contribution in [0.3, 0.4) is 0 Å². The van der Waals surface area contributed by atoms with Gasteiger partial charge in [-0.3, -0.25) is 9.52 Å². The number of alkyl halides is 1. The first-order valence-corrected chi connectivity index (χ1v) is 8.96. The summed E-state index contributed by atoms with van der Waals surface area (Å²) in [4.78, 5) is 14.1. The number of rotatable bonds is 11. The molecule has 0 aliphatic carbocycles. The molecule has 0 aliphatic rings. The minimum atomic E-state index is -0.936. The van der Waals surface area contributed by atoms with Gasteiger partial charge in [0.1, 0.15) is 5.75 Å². The number of nitrogens with one attached hydrogen (secondary N) is 3. The Morgan fingerprint density at radius 1 is 1.25 bits per heavy atom. The summed E-state index contributed by atoms with van der Waals surface area (Å²) in [6.45, 7) is 0.273. The zero-order valence-electron chi connectivity index (χ0n) is 13.9. The third kappa shape index (κ3) is 6.05. The molecule has 2 aromatic rings. The lowest BCUT2D eigenvalue weighted by molar-refractivity contribution is -0.121. The van der Waals surface area contributed by atoms with E-state index in [2.05, 4.69) is 27.2 Å². The fourth-order valence-electron chi connectivity index (χ4n) is 2.38. The van der Waals surface area contributed by atoms with Crippen molar-refractivity contribution in [2.24, 2.45) is 0 Å². The number of unbranched alkanes of at least 4 members (excludes halogenated alkanes) is 3. The van der Waals surface area contributed by atoms with Crippen LogP contribution in [0.25, 0.3) is 10.9 Å². The lowest BCUT2D eigenvalue weighted by Crippen LogP contribution is -2.25. The summed E-state index contributed by atoms with van der Waals surface area (Å²) in [7, 11) is 1.89. The lowest BCUT2D eigenvalue weighted by Gasteiger charge is -2.06. The Bertz CT molecular complexity index is 648. The molecule has 1 heterocycles. The Morgan fingerprint density at radius 2 is 2.08 bits per heavy atom. The highest BCUT2D eigenvalue weighted by atomic mass is 32.2. The predicted octanol–water partition coefficient (Wildman–Crippen LogP) is 3.42. The van der Waals surface area contributed by atoms with Crippen LogP contribution < -0.4 is 14.8 Å². The molecule has 0 unspecified atom stereocenters. The van der Waals surface area contributed by atoms with Crippen LogP contribution in [0.15, 0.2) is 29.3 Å². The largest absolute Gasteiger partial charge is 0.494 e. The molecule has 0 bridgehead atoms. The standard InChI is InChI=1S/C17H24FN3O2S/c1-19-24-17-10-13-6-7-14(11-15(13)21-17)23-9-5-3-2-4-8-20-16(22)12-18/h6-7,10-11,19,21H,2-5,8-9,12H2,1H3,(H,20,22). The second-order valence-electron chi connectivity index (χ2n) is 5.44. The first-order chi connectivity index (χ1) is 11.7. The number of fused-ring (bicyclic) bond motifs is 1. The maximum absolute atomic E-state index is 11.9. The Morgan fingerprint density at radius 3 is 2.88 bits per heavy atom. The smallest absolute Gasteiger partial charge is 0.251 e. The van der Waals surface area contributed by atoms with Gasteiger partial charge in [0, 0.05) is 23.5 Å². The number of hydrogen-bond acceptors (Lipinski definition) is 4. The normalized spacial score (nSPS) is 10.9. The number of amides is 1. The first kappa shape index (κ1) is 18.6. The third-order valence-electron chi connectivity index (χ3n) is 3.56. The maximum Gasteiger partial charge on any atom is 0.251 e. The van der Waals surface area contributed by atoms with Crippen molar-refractivity contribution in [3.63, 3.8) is 0 Å². The van der Waals surface area contributed by atoms with E-state index in [1.54, 1.807) is 11.9 Å². The summed E-state index contributed by atoms with van der Waals surface area (Å²) in [6, 6.07) is 8.15. The minimum absolute atomic E-state index is 0.533. The highest BCUT2D eigenvalue weighted by Gasteiger charge is 2.03. The number of H-pyrrole nitrogens is 1. The van der Waals surface area contributed by atoms with Gasteiger partial charge >= 0.3 is 0 Å². The van der Waals surface area contributed by atoms with Crippen molar-refractivity contribution in [2.75, 3.05) is 26.9 Å². The molecule has 0 atom stereocenters. The highest BCUT2D eigenvalue weighted by Crippen LogP contribution is 2.25. The molecule has 24 heavy (non-hydrogen) atoms. The molecule has 5 nitrogen and oxygen atoms in total. The predicted molar refractivity (Wildman–Crippen MR) is 96.2 cm³/mol. The number of carbonyl (C=O) groups excluding carboxylic acids is 1. The molecule has 0 spiro atoms. The third-order valence-corrected chi connectivity index (χ3v) is 4.21. The van der Waals surface area contributed by atoms with Crippen molar-refractivity contribution in [3.05, 3.63) is 24.3 Å². The van der Waals surface area contributed by atoms with Crippen molar-refractivity contribution < 1.29 is 13.9 Å². The number of halogens is 1. The van der Waals surface area contributed by atoms with Crippen LogP contribution in [0.2, 0.25) is 0 Å². The summed E-state index contributed by atoms with van der Waals surface area (Å²) in [6.07, 6.45) is 3.85. The monoisotopic (exact) mass is 353 g/mol. The molecule has 0 fully saturated rings. The molecule has 0 saturated carbocycles. The summed E-state index contributed by atoms with van der Waals surface area (Å²) < 4.78 is 20.8. The van der Waals surface area contributed by atoms with E-state index in [1.165, 1.54) is 0 Å². The van der Waals surface area contributed by atoms with E-state index in [0.29, 0.717) is 13.2 Å². The maximum atomic E-state index is 11.9. The van der Waals surface area contributed by atoms with Crippen LogP contribution in [-0.2, 0) is 4.79 Å². The molecule has 2 rings (SSSR count). The molecule has 7 heteroatoms. The van der Waals surface area contributed by atoms with Gasteiger partial charge in [-0.25, -0.2) is 4.39 Å². The Kier molecular flexibility index (Phi) is 7.91. The van der Waals surface area contributed by atoms with Gasteiger partial charge in [-0.05, 0) is 50.0 Å². The summed E-state index contributed by atoms with van der Waals surface area (Å²) in [5, 5.41) is 4.76. The van der Waals surface area contributed by atoms with Gasteiger partial charge < -0.3 is 15.0 Å². The Hall–Kier alpha value is -1.73. The summed E-state index contributed by atoms with van der Waals surface area (Å²) in [5.41, 5.74) is 1.06. The molecular formula is C17H24FN3O2S. The molecule has 0 saturated heterocycles. The van der Waals surface area contributed by atoms with Gasteiger partial charge in [-0.2, -0.15) is 0 Å². The average Bonchev–Trinajstić information content (AvgIpc) is 2.99. The van der Waals surface area contributed by atoms with E-state index in [9.17, 15) is 9.18 Å². The topological polar surface area (TPSA) is 66.2 Å². The van der Waals surface area contributed by atoms with Crippen LogP contribution in [-0.4, -0.2) is 37.8 Å². The van der Waals surface area contributed by atoms with E-state index in [0.717, 1.165) is 47.4 Å². The van der Waals surface area contributed by atoms with Crippen molar-refractivity contribution in [1.29, 1.82) is 0 Å². The average molecular weight is 353 g/mol. The lowest BCUT2D eigenvalue weighted by atomic mass is 10.2. The second-order valence-corrected chi connectivity index (χ2v) is 6.49. The van der Waals surface area contributed by atoms with Crippen LogP contribution in [0.1, 0.15) is 25.7 Å². The zero-order chi connectivity index (χ0) is 17.2. The van der Waals surface area contributed by atoms with Crippen molar-refractivity contribution >= 4 is 28.8 Å². The van der Waals surface area contributed by atoms with Crippen LogP contribution in [0, 0.1) is 0 Å². The quantitative estimate of drug-likeness (QED) is 0.428. The van der Waals surface area contributed by atoms with Crippen LogP contribution in [0.4, 0.5) is 4.39 Å². The van der Waals surface area contributed by atoms with E-state index in [-0.39, 0.29) is 0 Å². The van der Waals surface area contributed by atoms with Gasteiger partial charge in [-0.1, -0.05) is 12.8 Å². The second kappa shape index (κ2) is 10.2. The van der Waals surface area contributed by atoms with Gasteiger partial charge in [0.2, 0.25) is 0 Å². The SMILES string of the molecule is CNSc1cc2ccc(OCCCCCCNC(=O)CF)cc2[nH]1. The molecular weight excluding hydrogens is 329 g/mol.